The molecule has 0 N–H and O–H groups in total. The van der Waals surface area contributed by atoms with E-state index in [2.05, 4.69) is 25.7 Å². The fourth-order valence-corrected chi connectivity index (χ4v) is 3.27. The predicted molar refractivity (Wildman–Crippen MR) is 78.5 cm³/mol. The van der Waals surface area contributed by atoms with Crippen LogP contribution in [0, 0.1) is 0 Å². The lowest BCUT2D eigenvalue weighted by Gasteiger charge is -2.32. The minimum Gasteiger partial charge on any atom is -0.375 e. The van der Waals surface area contributed by atoms with Gasteiger partial charge in [0.05, 0.1) is 23.3 Å². The first-order valence-electron chi connectivity index (χ1n) is 7.02. The number of carbonyl (C=O) groups excluding carboxylic acids is 1. The van der Waals surface area contributed by atoms with Crippen molar-refractivity contribution >= 4 is 22.8 Å². The van der Waals surface area contributed by atoms with E-state index in [9.17, 15) is 4.79 Å². The highest BCUT2D eigenvalue weighted by molar-refractivity contribution is 7.17. The number of aromatic nitrogens is 1. The first-order valence-corrected chi connectivity index (χ1v) is 7.83. The van der Waals surface area contributed by atoms with E-state index in [-0.39, 0.29) is 6.10 Å². The maximum absolute atomic E-state index is 11.2. The fourth-order valence-electron chi connectivity index (χ4n) is 2.24. The van der Waals surface area contributed by atoms with Crippen molar-refractivity contribution in [2.75, 3.05) is 24.6 Å². The largest absolute Gasteiger partial charge is 0.375 e. The topological polar surface area (TPSA) is 42.4 Å². The maximum atomic E-state index is 11.2. The van der Waals surface area contributed by atoms with Crippen LogP contribution >= 0.6 is 11.3 Å². The molecule has 0 aromatic carbocycles. The first-order chi connectivity index (χ1) is 9.19. The summed E-state index contributed by atoms with van der Waals surface area (Å²) in [4.78, 5) is 18.9. The van der Waals surface area contributed by atoms with Crippen LogP contribution in [0.1, 0.15) is 54.9 Å². The normalized spacial score (nSPS) is 21.4. The van der Waals surface area contributed by atoms with Gasteiger partial charge in [-0.3, -0.25) is 4.79 Å². The SMILES string of the molecule is CCC1CN(c2nc(C(C)CC)c(C=O)s2)CCO1. The highest BCUT2D eigenvalue weighted by Gasteiger charge is 2.24. The average molecular weight is 282 g/mol. The molecule has 2 unspecified atom stereocenters. The molecule has 106 valence electrons. The lowest BCUT2D eigenvalue weighted by atomic mass is 10.0. The molecule has 1 aromatic heterocycles. The molecular weight excluding hydrogens is 260 g/mol. The molecule has 5 heteroatoms. The molecule has 4 nitrogen and oxygen atoms in total. The third-order valence-corrected chi connectivity index (χ3v) is 4.78. The zero-order valence-electron chi connectivity index (χ0n) is 11.9. The van der Waals surface area contributed by atoms with E-state index < -0.39 is 0 Å². The minimum absolute atomic E-state index is 0.282. The van der Waals surface area contributed by atoms with Crippen molar-refractivity contribution in [3.8, 4) is 0 Å². The number of hydrogen-bond donors (Lipinski definition) is 0. The number of aldehydes is 1. The van der Waals surface area contributed by atoms with Gasteiger partial charge in [0, 0.05) is 13.1 Å². The van der Waals surface area contributed by atoms with Crippen molar-refractivity contribution in [2.45, 2.75) is 45.6 Å². The lowest BCUT2D eigenvalue weighted by Crippen LogP contribution is -2.42. The number of anilines is 1. The van der Waals surface area contributed by atoms with Gasteiger partial charge in [0.1, 0.15) is 0 Å². The first kappa shape index (κ1) is 14.5. The molecule has 1 aliphatic heterocycles. The molecule has 2 rings (SSSR count). The Balaban J connectivity index is 2.20. The van der Waals surface area contributed by atoms with Gasteiger partial charge in [0.25, 0.3) is 0 Å². The standard InChI is InChI=1S/C14H22N2O2S/c1-4-10(3)13-12(9-17)19-14(15-13)16-6-7-18-11(5-2)8-16/h9-11H,4-8H2,1-3H3. The van der Waals surface area contributed by atoms with Crippen LogP contribution in [-0.4, -0.2) is 37.1 Å². The average Bonchev–Trinajstić information content (AvgIpc) is 2.90. The Kier molecular flexibility index (Phi) is 4.93. The van der Waals surface area contributed by atoms with Crippen molar-refractivity contribution in [2.24, 2.45) is 0 Å². The molecule has 1 saturated heterocycles. The van der Waals surface area contributed by atoms with Gasteiger partial charge in [-0.05, 0) is 18.8 Å². The highest BCUT2D eigenvalue weighted by atomic mass is 32.1. The van der Waals surface area contributed by atoms with E-state index in [1.165, 1.54) is 11.3 Å². The number of morpholine rings is 1. The Morgan fingerprint density at radius 1 is 1.58 bits per heavy atom. The zero-order chi connectivity index (χ0) is 13.8. The summed E-state index contributed by atoms with van der Waals surface area (Å²) in [6.07, 6.45) is 3.25. The molecule has 1 aromatic rings. The molecule has 0 bridgehead atoms. The van der Waals surface area contributed by atoms with Crippen molar-refractivity contribution in [3.63, 3.8) is 0 Å². The Bertz CT molecular complexity index is 433. The second-order valence-electron chi connectivity index (χ2n) is 5.02. The summed E-state index contributed by atoms with van der Waals surface area (Å²) in [6.45, 7) is 8.87. The molecule has 1 aliphatic rings. The van der Waals surface area contributed by atoms with Gasteiger partial charge in [-0.1, -0.05) is 32.1 Å². The molecule has 2 heterocycles. The maximum Gasteiger partial charge on any atom is 0.186 e. The second kappa shape index (κ2) is 6.48. The lowest BCUT2D eigenvalue weighted by molar-refractivity contribution is 0.0384. The third kappa shape index (κ3) is 3.15. The fraction of sp³-hybridized carbons (Fsp3) is 0.714. The molecule has 1 fully saturated rings. The third-order valence-electron chi connectivity index (χ3n) is 3.72. The van der Waals surface area contributed by atoms with E-state index in [0.29, 0.717) is 5.92 Å². The van der Waals surface area contributed by atoms with Gasteiger partial charge in [-0.2, -0.15) is 0 Å². The van der Waals surface area contributed by atoms with Gasteiger partial charge in [0.2, 0.25) is 0 Å². The molecular formula is C14H22N2O2S. The Morgan fingerprint density at radius 2 is 2.37 bits per heavy atom. The summed E-state index contributed by atoms with van der Waals surface area (Å²) in [6, 6.07) is 0. The molecule has 0 amide bonds. The zero-order valence-corrected chi connectivity index (χ0v) is 12.7. The van der Waals surface area contributed by atoms with Crippen molar-refractivity contribution in [3.05, 3.63) is 10.6 Å². The van der Waals surface area contributed by atoms with Gasteiger partial charge in [-0.15, -0.1) is 0 Å². The van der Waals surface area contributed by atoms with E-state index in [1.807, 2.05) is 0 Å². The minimum atomic E-state index is 0.282. The summed E-state index contributed by atoms with van der Waals surface area (Å²) >= 11 is 1.51. The summed E-state index contributed by atoms with van der Waals surface area (Å²) in [5, 5.41) is 0.971. The van der Waals surface area contributed by atoms with E-state index in [1.54, 1.807) is 0 Å². The summed E-state index contributed by atoms with van der Waals surface area (Å²) in [5.41, 5.74) is 0.956. The van der Waals surface area contributed by atoms with Crippen molar-refractivity contribution < 1.29 is 9.53 Å². The van der Waals surface area contributed by atoms with E-state index in [0.717, 1.165) is 54.5 Å². The van der Waals surface area contributed by atoms with Crippen LogP contribution in [0.25, 0.3) is 0 Å². The molecule has 0 spiro atoms. The summed E-state index contributed by atoms with van der Waals surface area (Å²) in [7, 11) is 0. The number of hydrogen-bond acceptors (Lipinski definition) is 5. The van der Waals surface area contributed by atoms with Crippen molar-refractivity contribution in [1.82, 2.24) is 4.98 Å². The summed E-state index contributed by atoms with van der Waals surface area (Å²) < 4.78 is 5.68. The molecule has 0 radical (unpaired) electrons. The molecule has 2 atom stereocenters. The van der Waals surface area contributed by atoms with Crippen LogP contribution in [0.3, 0.4) is 0 Å². The molecule has 0 saturated carbocycles. The predicted octanol–water partition coefficient (Wildman–Crippen LogP) is 3.08. The number of carbonyl (C=O) groups is 1. The highest BCUT2D eigenvalue weighted by Crippen LogP contribution is 2.32. The van der Waals surface area contributed by atoms with E-state index >= 15 is 0 Å². The molecule has 19 heavy (non-hydrogen) atoms. The van der Waals surface area contributed by atoms with Crippen LogP contribution in [0.5, 0.6) is 0 Å². The van der Waals surface area contributed by atoms with Crippen molar-refractivity contribution in [1.29, 1.82) is 0 Å². The van der Waals surface area contributed by atoms with Crippen LogP contribution in [0.4, 0.5) is 5.13 Å². The van der Waals surface area contributed by atoms with Crippen LogP contribution in [0.2, 0.25) is 0 Å². The number of thiazole rings is 1. The van der Waals surface area contributed by atoms with Crippen LogP contribution in [-0.2, 0) is 4.74 Å². The van der Waals surface area contributed by atoms with Gasteiger partial charge in [0.15, 0.2) is 11.4 Å². The Labute approximate surface area is 118 Å². The summed E-state index contributed by atoms with van der Waals surface area (Å²) in [5.74, 6) is 0.341. The van der Waals surface area contributed by atoms with E-state index in [4.69, 9.17) is 9.72 Å². The second-order valence-corrected chi connectivity index (χ2v) is 6.03. The molecule has 0 aliphatic carbocycles. The number of nitrogens with zero attached hydrogens (tertiary/aromatic N) is 2. The van der Waals surface area contributed by atoms with Gasteiger partial charge >= 0.3 is 0 Å². The van der Waals surface area contributed by atoms with Gasteiger partial charge < -0.3 is 9.64 Å². The number of rotatable bonds is 5. The number of ether oxygens (including phenoxy) is 1. The monoisotopic (exact) mass is 282 g/mol. The Morgan fingerprint density at radius 3 is 3.00 bits per heavy atom. The quantitative estimate of drug-likeness (QED) is 0.778. The van der Waals surface area contributed by atoms with Crippen LogP contribution in [0.15, 0.2) is 0 Å². The smallest absolute Gasteiger partial charge is 0.186 e. The van der Waals surface area contributed by atoms with Gasteiger partial charge in [-0.25, -0.2) is 4.98 Å². The van der Waals surface area contributed by atoms with Crippen LogP contribution < -0.4 is 4.90 Å². The Hall–Kier alpha value is -0.940.